The molecule has 0 N–H and O–H groups in total. The first-order valence-electron chi connectivity index (χ1n) is 18.9. The molecule has 0 aliphatic heterocycles. The summed E-state index contributed by atoms with van der Waals surface area (Å²) in [6.07, 6.45) is 0. The van der Waals surface area contributed by atoms with Gasteiger partial charge in [-0.1, -0.05) is 213 Å². The first kappa shape index (κ1) is 38.1. The predicted octanol–water partition coefficient (Wildman–Crippen LogP) is 13.4. The summed E-state index contributed by atoms with van der Waals surface area (Å²) in [4.78, 5) is 0. The second-order valence-electron chi connectivity index (χ2n) is 17.1. The van der Waals surface area contributed by atoms with Gasteiger partial charge in [-0.25, -0.2) is 0 Å². The van der Waals surface area contributed by atoms with Crippen LogP contribution in [0.25, 0.3) is 0 Å². The smallest absolute Gasteiger partial charge is 0.0407 e. The van der Waals surface area contributed by atoms with E-state index in [2.05, 4.69) is 213 Å². The zero-order valence-electron chi connectivity index (χ0n) is 33.1. The summed E-state index contributed by atoms with van der Waals surface area (Å²) in [5, 5.41) is 0. The lowest BCUT2D eigenvalue weighted by Crippen LogP contribution is -2.32. The van der Waals surface area contributed by atoms with Gasteiger partial charge in [0.1, 0.15) is 0 Å². The fourth-order valence-electron chi connectivity index (χ4n) is 8.12. The molecular weight excluding hydrogens is 637 g/mol. The van der Waals surface area contributed by atoms with Crippen molar-refractivity contribution in [2.45, 2.75) is 77.0 Å². The monoisotopic (exact) mass is 692 g/mol. The largest absolute Gasteiger partial charge is 0.0622 e. The van der Waals surface area contributed by atoms with E-state index < -0.39 is 5.41 Å². The van der Waals surface area contributed by atoms with Crippen molar-refractivity contribution in [3.05, 3.63) is 240 Å². The molecule has 6 rings (SSSR count). The highest BCUT2D eigenvalue weighted by Gasteiger charge is 2.40. The van der Waals surface area contributed by atoms with Gasteiger partial charge in [0.15, 0.2) is 0 Å². The lowest BCUT2D eigenvalue weighted by molar-refractivity contribution is 0.587. The Labute approximate surface area is 321 Å². The van der Waals surface area contributed by atoms with Gasteiger partial charge in [-0.2, -0.15) is 0 Å². The molecule has 0 heterocycles. The second-order valence-corrected chi connectivity index (χ2v) is 17.1. The Hall–Kier alpha value is -4.68. The van der Waals surface area contributed by atoms with E-state index in [9.17, 15) is 0 Å². The minimum atomic E-state index is -0.921. The fraction of sp³-hybridized carbons (Fsp3) is 0.245. The average Bonchev–Trinajstić information content (AvgIpc) is 3.16. The molecule has 0 saturated carbocycles. The molecule has 0 heteroatoms. The van der Waals surface area contributed by atoms with Crippen LogP contribution >= 0.6 is 0 Å². The topological polar surface area (TPSA) is 0 Å². The number of rotatable bonds is 11. The van der Waals surface area contributed by atoms with Crippen LogP contribution in [0, 0.1) is 32.1 Å². The Bertz CT molecular complexity index is 1970. The average molecular weight is 693 g/mol. The second kappa shape index (κ2) is 14.3. The van der Waals surface area contributed by atoms with Crippen LogP contribution in [0.3, 0.4) is 0 Å². The summed E-state index contributed by atoms with van der Waals surface area (Å²) in [7, 11) is 0. The zero-order valence-corrected chi connectivity index (χ0v) is 33.1. The normalized spacial score (nSPS) is 13.0. The van der Waals surface area contributed by atoms with Crippen molar-refractivity contribution in [3.63, 3.8) is 0 Å². The lowest BCUT2D eigenvalue weighted by atomic mass is 9.62. The molecule has 6 aromatic rings. The Balaban J connectivity index is 1.65. The van der Waals surface area contributed by atoms with E-state index in [1.165, 1.54) is 44.5 Å². The minimum absolute atomic E-state index is 0.219. The molecule has 0 bridgehead atoms. The van der Waals surface area contributed by atoms with Crippen LogP contribution in [0.2, 0.25) is 0 Å². The molecule has 0 amide bonds. The molecule has 4 radical (unpaired) electrons. The molecule has 0 fully saturated rings. The van der Waals surface area contributed by atoms with Crippen LogP contribution in [-0.2, 0) is 21.7 Å². The molecular formula is C53H56. The zero-order chi connectivity index (χ0) is 38.2. The molecule has 0 saturated heterocycles. The maximum absolute atomic E-state index is 4.69. The van der Waals surface area contributed by atoms with Crippen molar-refractivity contribution in [1.29, 1.82) is 0 Å². The fourth-order valence-corrected chi connectivity index (χ4v) is 8.12. The maximum atomic E-state index is 4.69. The Morgan fingerprint density at radius 3 is 0.849 bits per heavy atom. The Morgan fingerprint density at radius 1 is 0.321 bits per heavy atom. The van der Waals surface area contributed by atoms with Crippen LogP contribution in [0.1, 0.15) is 111 Å². The SMILES string of the molecule is [CH2]C([CH2])([CH2])[C](c1ccc(C(C)(C)c2ccccc2)cc1C(C)(C)c1ccccc1)c1ccc(C(C)(C)c2ccccc2)cc1C(C)(C)c1ccccc1. The third-order valence-electron chi connectivity index (χ3n) is 11.9. The standard InChI is InChI=1S/C53H56/c1-49(2,3)48(44-34-32-42(50(4,5)38-24-16-12-17-25-38)36-46(44)52(8,9)40-28-20-14-21-29-40)45-35-33-43(51(6,7)39-26-18-13-19-27-39)37-47(45)53(10,11)41-30-22-15-23-31-41/h12-37H,1-3H2,4-11H3. The van der Waals surface area contributed by atoms with Gasteiger partial charge in [0.2, 0.25) is 0 Å². The van der Waals surface area contributed by atoms with Crippen LogP contribution in [-0.4, -0.2) is 0 Å². The number of benzene rings is 6. The van der Waals surface area contributed by atoms with Crippen LogP contribution < -0.4 is 0 Å². The summed E-state index contributed by atoms with van der Waals surface area (Å²) in [6.45, 7) is 32.7. The van der Waals surface area contributed by atoms with Crippen molar-refractivity contribution in [1.82, 2.24) is 0 Å². The van der Waals surface area contributed by atoms with Gasteiger partial charge in [0, 0.05) is 27.6 Å². The Kier molecular flexibility index (Phi) is 10.3. The summed E-state index contributed by atoms with van der Waals surface area (Å²) in [5.74, 6) is 1.05. The highest BCUT2D eigenvalue weighted by molar-refractivity contribution is 5.64. The van der Waals surface area contributed by atoms with Crippen LogP contribution in [0.15, 0.2) is 158 Å². The van der Waals surface area contributed by atoms with Gasteiger partial charge >= 0.3 is 0 Å². The molecule has 0 atom stereocenters. The quantitative estimate of drug-likeness (QED) is 0.127. The number of hydrogen-bond donors (Lipinski definition) is 0. The third-order valence-corrected chi connectivity index (χ3v) is 11.9. The molecule has 0 aliphatic carbocycles. The van der Waals surface area contributed by atoms with Gasteiger partial charge in [-0.3, -0.25) is 0 Å². The summed E-state index contributed by atoms with van der Waals surface area (Å²) < 4.78 is 0. The number of hydrogen-bond acceptors (Lipinski definition) is 0. The van der Waals surface area contributed by atoms with Crippen LogP contribution in [0.4, 0.5) is 0 Å². The molecule has 0 spiro atoms. The van der Waals surface area contributed by atoms with Gasteiger partial charge in [0.05, 0.1) is 0 Å². The Morgan fingerprint density at radius 2 is 0.585 bits per heavy atom. The van der Waals surface area contributed by atoms with E-state index in [4.69, 9.17) is 20.8 Å². The summed E-state index contributed by atoms with van der Waals surface area (Å²) in [5.41, 5.74) is 10.3. The summed E-state index contributed by atoms with van der Waals surface area (Å²) in [6, 6.07) is 57.5. The molecule has 268 valence electrons. The van der Waals surface area contributed by atoms with E-state index in [0.29, 0.717) is 0 Å². The van der Waals surface area contributed by atoms with E-state index in [1.807, 2.05) is 0 Å². The van der Waals surface area contributed by atoms with Gasteiger partial charge in [-0.15, -0.1) is 0 Å². The highest BCUT2D eigenvalue weighted by Crippen LogP contribution is 2.50. The first-order chi connectivity index (χ1) is 25.0. The summed E-state index contributed by atoms with van der Waals surface area (Å²) >= 11 is 0. The van der Waals surface area contributed by atoms with Gasteiger partial charge in [-0.05, 0) is 81.8 Å². The molecule has 0 aliphatic rings. The van der Waals surface area contributed by atoms with Crippen molar-refractivity contribution in [2.24, 2.45) is 5.41 Å². The van der Waals surface area contributed by atoms with E-state index in [1.54, 1.807) is 0 Å². The first-order valence-corrected chi connectivity index (χ1v) is 18.9. The van der Waals surface area contributed by atoms with Crippen molar-refractivity contribution in [3.8, 4) is 0 Å². The van der Waals surface area contributed by atoms with Crippen molar-refractivity contribution >= 4 is 0 Å². The predicted molar refractivity (Wildman–Crippen MR) is 227 cm³/mol. The molecule has 53 heavy (non-hydrogen) atoms. The van der Waals surface area contributed by atoms with Gasteiger partial charge < -0.3 is 0 Å². The molecule has 0 nitrogen and oxygen atoms in total. The molecule has 6 aromatic carbocycles. The van der Waals surface area contributed by atoms with Crippen molar-refractivity contribution in [2.75, 3.05) is 0 Å². The van der Waals surface area contributed by atoms with E-state index >= 15 is 0 Å². The van der Waals surface area contributed by atoms with Gasteiger partial charge in [0.25, 0.3) is 0 Å². The molecule has 0 aromatic heterocycles. The van der Waals surface area contributed by atoms with Crippen molar-refractivity contribution < 1.29 is 0 Å². The maximum Gasteiger partial charge on any atom is 0.0407 e. The third kappa shape index (κ3) is 7.31. The van der Waals surface area contributed by atoms with E-state index in [-0.39, 0.29) is 21.7 Å². The molecule has 0 unspecified atom stereocenters. The highest BCUT2D eigenvalue weighted by atomic mass is 14.4. The van der Waals surface area contributed by atoms with Crippen LogP contribution in [0.5, 0.6) is 0 Å². The van der Waals surface area contributed by atoms with E-state index in [0.717, 1.165) is 17.0 Å². The lowest BCUT2D eigenvalue weighted by Gasteiger charge is -2.41. The minimum Gasteiger partial charge on any atom is -0.0622 e.